The number of aromatic hydroxyl groups is 2. The lowest BCUT2D eigenvalue weighted by atomic mass is 9.76. The number of hydrogen-bond acceptors (Lipinski definition) is 5. The van der Waals surface area contributed by atoms with E-state index in [2.05, 4.69) is 0 Å². The lowest BCUT2D eigenvalue weighted by Gasteiger charge is -2.56. The number of aromatic nitrogens is 1. The van der Waals surface area contributed by atoms with E-state index in [-0.39, 0.29) is 42.3 Å². The van der Waals surface area contributed by atoms with Crippen molar-refractivity contribution in [3.05, 3.63) is 23.3 Å². The molecule has 2 heterocycles. The maximum absolute atomic E-state index is 13.5. The molecular formula is C24H34N4O5. The fraction of sp³-hybridized carbons (Fsp3) is 0.625. The molecule has 180 valence electrons. The van der Waals surface area contributed by atoms with Gasteiger partial charge in [0.1, 0.15) is 0 Å². The molecule has 0 spiro atoms. The lowest BCUT2D eigenvalue weighted by molar-refractivity contribution is -0.147. The number of carbonyl (C=O) groups is 3. The Morgan fingerprint density at radius 2 is 1.48 bits per heavy atom. The lowest BCUT2D eigenvalue weighted by Crippen LogP contribution is -2.67. The summed E-state index contributed by atoms with van der Waals surface area (Å²) >= 11 is 0. The molecule has 1 saturated heterocycles. The number of nitrogens with zero attached hydrogens (tertiary/aromatic N) is 3. The fourth-order valence-electron chi connectivity index (χ4n) is 6.71. The largest absolute Gasteiger partial charge is 0.493 e. The number of primary amides is 1. The van der Waals surface area contributed by atoms with E-state index in [1.807, 2.05) is 44.7 Å². The zero-order valence-corrected chi connectivity index (χ0v) is 20.0. The maximum Gasteiger partial charge on any atom is 0.242 e. The molecule has 3 aliphatic rings. The first kappa shape index (κ1) is 23.2. The molecule has 1 aromatic rings. The first-order valence-electron chi connectivity index (χ1n) is 11.5. The molecule has 9 heteroatoms. The van der Waals surface area contributed by atoms with Crippen molar-refractivity contribution in [1.82, 2.24) is 9.58 Å². The van der Waals surface area contributed by atoms with Gasteiger partial charge in [0.25, 0.3) is 0 Å². The molecule has 2 aliphatic carbocycles. The molecule has 9 nitrogen and oxygen atoms in total. The highest BCUT2D eigenvalue weighted by atomic mass is 16.3. The molecule has 2 atom stereocenters. The summed E-state index contributed by atoms with van der Waals surface area (Å²) in [5, 5.41) is 23.8. The van der Waals surface area contributed by atoms with E-state index in [9.17, 15) is 24.6 Å². The molecule has 2 bridgehead atoms. The molecule has 3 amide bonds. The number of hydrogen-bond donors (Lipinski definition) is 3. The third kappa shape index (κ3) is 3.57. The number of nitrogens with two attached hydrogens (primary N) is 1. The van der Waals surface area contributed by atoms with Crippen LogP contribution < -0.4 is 10.7 Å². The van der Waals surface area contributed by atoms with Crippen LogP contribution in [0.2, 0.25) is 0 Å². The van der Waals surface area contributed by atoms with Crippen molar-refractivity contribution in [2.24, 2.45) is 5.73 Å². The zero-order chi connectivity index (χ0) is 24.5. The molecule has 1 aliphatic heterocycles. The van der Waals surface area contributed by atoms with Gasteiger partial charge in [0.2, 0.25) is 29.5 Å². The maximum atomic E-state index is 13.5. The number of rotatable bonds is 5. The highest BCUT2D eigenvalue weighted by Crippen LogP contribution is 2.57. The van der Waals surface area contributed by atoms with Crippen molar-refractivity contribution in [3.63, 3.8) is 0 Å². The van der Waals surface area contributed by atoms with Crippen LogP contribution >= 0.6 is 0 Å². The second-order valence-electron chi connectivity index (χ2n) is 10.9. The minimum Gasteiger partial charge on any atom is -0.493 e. The molecule has 33 heavy (non-hydrogen) atoms. The predicted molar refractivity (Wildman–Crippen MR) is 122 cm³/mol. The molecule has 0 aromatic carbocycles. The van der Waals surface area contributed by atoms with Gasteiger partial charge < -0.3 is 20.8 Å². The monoisotopic (exact) mass is 458 g/mol. The summed E-state index contributed by atoms with van der Waals surface area (Å²) in [5.41, 5.74) is 5.45. The Labute approximate surface area is 193 Å². The number of allylic oxidation sites excluding steroid dienone is 2. The molecule has 2 unspecified atom stereocenters. The summed E-state index contributed by atoms with van der Waals surface area (Å²) in [6.07, 6.45) is 5.44. The second kappa shape index (κ2) is 7.53. The molecule has 4 rings (SSSR count). The average Bonchev–Trinajstić information content (AvgIpc) is 3.33. The summed E-state index contributed by atoms with van der Waals surface area (Å²) in [5.74, 6) is -1.34. The summed E-state index contributed by atoms with van der Waals surface area (Å²) in [4.78, 5) is 39.2. The van der Waals surface area contributed by atoms with Gasteiger partial charge in [0, 0.05) is 53.8 Å². The predicted octanol–water partition coefficient (Wildman–Crippen LogP) is 2.34. The quantitative estimate of drug-likeness (QED) is 0.583. The van der Waals surface area contributed by atoms with Gasteiger partial charge in [0.15, 0.2) is 0 Å². The molecule has 4 N–H and O–H groups in total. The van der Waals surface area contributed by atoms with Crippen molar-refractivity contribution < 1.29 is 24.6 Å². The van der Waals surface area contributed by atoms with Crippen LogP contribution in [-0.4, -0.2) is 54.6 Å². The first-order chi connectivity index (χ1) is 15.3. The average molecular weight is 459 g/mol. The van der Waals surface area contributed by atoms with Crippen molar-refractivity contribution >= 4 is 17.7 Å². The minimum atomic E-state index is -0.596. The topological polar surface area (TPSA) is 129 Å². The van der Waals surface area contributed by atoms with Gasteiger partial charge in [-0.3, -0.25) is 14.4 Å². The van der Waals surface area contributed by atoms with Crippen molar-refractivity contribution in [2.45, 2.75) is 95.7 Å². The van der Waals surface area contributed by atoms with Gasteiger partial charge in [0.05, 0.1) is 6.04 Å². The van der Waals surface area contributed by atoms with Gasteiger partial charge in [-0.15, -0.1) is 0 Å². The van der Waals surface area contributed by atoms with Crippen LogP contribution in [-0.2, 0) is 14.4 Å². The number of fused-ring (bicyclic) bond motifs is 5. The third-order valence-corrected chi connectivity index (χ3v) is 7.40. The summed E-state index contributed by atoms with van der Waals surface area (Å²) in [6.45, 7) is 9.35. The molecule has 0 saturated carbocycles. The van der Waals surface area contributed by atoms with E-state index in [4.69, 9.17) is 5.73 Å². The summed E-state index contributed by atoms with van der Waals surface area (Å²) in [7, 11) is 0. The minimum absolute atomic E-state index is 0.00663. The van der Waals surface area contributed by atoms with Crippen LogP contribution in [0.1, 0.15) is 89.7 Å². The van der Waals surface area contributed by atoms with Crippen LogP contribution in [0.5, 0.6) is 11.8 Å². The van der Waals surface area contributed by atoms with Crippen LogP contribution in [0.15, 0.2) is 12.2 Å². The van der Waals surface area contributed by atoms with Crippen molar-refractivity contribution in [2.75, 3.05) is 5.01 Å². The Hall–Kier alpha value is -2.97. The van der Waals surface area contributed by atoms with E-state index >= 15 is 0 Å². The SMILES string of the molecule is CC(=O)N1C(C)(C)CC(N(C(=O)CCC(N)=O)n2c(O)c3c(c2O)C2C=CC3C2)CC1(C)C. The van der Waals surface area contributed by atoms with E-state index in [1.165, 1.54) is 16.6 Å². The van der Waals surface area contributed by atoms with E-state index in [0.29, 0.717) is 24.0 Å². The summed E-state index contributed by atoms with van der Waals surface area (Å²) in [6, 6.07) is -0.430. The Balaban J connectivity index is 1.79. The molecule has 0 radical (unpaired) electrons. The van der Waals surface area contributed by atoms with Gasteiger partial charge in [-0.2, -0.15) is 4.68 Å². The van der Waals surface area contributed by atoms with Gasteiger partial charge in [-0.25, -0.2) is 5.01 Å². The second-order valence-corrected chi connectivity index (χ2v) is 10.9. The molecule has 1 aromatic heterocycles. The number of amides is 3. The Bertz CT molecular complexity index is 1000. The van der Waals surface area contributed by atoms with Crippen LogP contribution in [0.25, 0.3) is 0 Å². The molecule has 1 fully saturated rings. The highest BCUT2D eigenvalue weighted by molar-refractivity contribution is 5.90. The fourth-order valence-corrected chi connectivity index (χ4v) is 6.71. The van der Waals surface area contributed by atoms with E-state index in [1.54, 1.807) is 0 Å². The third-order valence-electron chi connectivity index (χ3n) is 7.40. The summed E-state index contributed by atoms with van der Waals surface area (Å²) < 4.78 is 1.22. The number of likely N-dealkylation sites (tertiary alicyclic amines) is 1. The van der Waals surface area contributed by atoms with Crippen molar-refractivity contribution in [1.29, 1.82) is 0 Å². The number of carbonyl (C=O) groups excluding carboxylic acids is 3. The van der Waals surface area contributed by atoms with Gasteiger partial charge in [-0.1, -0.05) is 12.2 Å². The Kier molecular flexibility index (Phi) is 5.29. The van der Waals surface area contributed by atoms with Crippen LogP contribution in [0.3, 0.4) is 0 Å². The zero-order valence-electron chi connectivity index (χ0n) is 20.0. The van der Waals surface area contributed by atoms with E-state index in [0.717, 1.165) is 6.42 Å². The van der Waals surface area contributed by atoms with E-state index < -0.39 is 28.9 Å². The Morgan fingerprint density at radius 1 is 1.00 bits per heavy atom. The van der Waals surface area contributed by atoms with Gasteiger partial charge in [-0.05, 0) is 47.0 Å². The van der Waals surface area contributed by atoms with Gasteiger partial charge >= 0.3 is 0 Å². The number of piperidine rings is 1. The van der Waals surface area contributed by atoms with Crippen LogP contribution in [0.4, 0.5) is 0 Å². The first-order valence-corrected chi connectivity index (χ1v) is 11.5. The molecular weight excluding hydrogens is 424 g/mol. The van der Waals surface area contributed by atoms with Crippen molar-refractivity contribution in [3.8, 4) is 11.8 Å². The Morgan fingerprint density at radius 3 is 1.91 bits per heavy atom. The van der Waals surface area contributed by atoms with Crippen LogP contribution in [0, 0.1) is 0 Å². The highest BCUT2D eigenvalue weighted by Gasteiger charge is 2.51. The standard InChI is InChI=1S/C24H34N4O5/c1-13(29)28-23(2,3)11-16(12-24(28,4)5)26(18(31)9-8-17(25)30)27-21(32)19-14-6-7-15(10-14)20(19)22(27)33/h6-7,14-16,32-33H,8-12H2,1-5H3,(H2,25,30). The normalized spacial score (nSPS) is 24.7. The smallest absolute Gasteiger partial charge is 0.242 e.